The molecule has 0 aliphatic heterocycles. The van der Waals surface area contributed by atoms with Crippen molar-refractivity contribution in [2.24, 2.45) is 7.05 Å². The number of hydrogen-bond donors (Lipinski definition) is 1. The highest BCUT2D eigenvalue weighted by Gasteiger charge is 2.30. The molecule has 0 saturated heterocycles. The summed E-state index contributed by atoms with van der Waals surface area (Å²) in [4.78, 5) is 0. The molecule has 0 bridgehead atoms. The first-order chi connectivity index (χ1) is 5.70. The van der Waals surface area contributed by atoms with Crippen molar-refractivity contribution in [2.75, 3.05) is 0 Å². The van der Waals surface area contributed by atoms with Crippen LogP contribution in [0, 0.1) is 0 Å². The number of aromatic nitrogens is 2. The zero-order chi connectivity index (χ0) is 8.72. The highest BCUT2D eigenvalue weighted by atomic mass is 32.2. The normalized spacial score (nSPS) is 19.5. The summed E-state index contributed by atoms with van der Waals surface area (Å²) in [6, 6.07) is 0. The third-order valence-corrected chi connectivity index (χ3v) is 2.92. The van der Waals surface area contributed by atoms with Crippen LogP contribution >= 0.6 is 0 Å². The molecule has 2 rings (SSSR count). The second-order valence-electron chi connectivity index (χ2n) is 3.05. The van der Waals surface area contributed by atoms with Crippen LogP contribution in [0.3, 0.4) is 0 Å². The van der Waals surface area contributed by atoms with Gasteiger partial charge < -0.3 is 4.55 Å². The van der Waals surface area contributed by atoms with Crippen LogP contribution in [0.2, 0.25) is 0 Å². The Hall–Kier alpha value is -0.680. The molecule has 1 aromatic heterocycles. The number of aryl methyl sites for hydroxylation is 1. The molecule has 1 heterocycles. The molecule has 0 amide bonds. The Balaban J connectivity index is 2.46. The zero-order valence-corrected chi connectivity index (χ0v) is 7.54. The van der Waals surface area contributed by atoms with E-state index in [0.29, 0.717) is 10.9 Å². The second kappa shape index (κ2) is 2.67. The zero-order valence-electron chi connectivity index (χ0n) is 6.73. The minimum atomic E-state index is -1.90. The van der Waals surface area contributed by atoms with Gasteiger partial charge in [0.2, 0.25) is 11.1 Å². The largest absolute Gasteiger partial charge is 0.301 e. The number of nitrogens with zero attached hydrogens (tertiary/aromatic N) is 2. The molecule has 1 N–H and O–H groups in total. The summed E-state index contributed by atoms with van der Waals surface area (Å²) in [5, 5.41) is 4.42. The Morgan fingerprint density at radius 1 is 1.75 bits per heavy atom. The van der Waals surface area contributed by atoms with Gasteiger partial charge in [0.25, 0.3) is 0 Å². The third-order valence-electron chi connectivity index (χ3n) is 2.09. The minimum absolute atomic E-state index is 0.456. The van der Waals surface area contributed by atoms with Crippen molar-refractivity contribution in [1.29, 1.82) is 0 Å². The van der Waals surface area contributed by atoms with Gasteiger partial charge in [-0.15, -0.1) is 0 Å². The third kappa shape index (κ3) is 1.19. The van der Waals surface area contributed by atoms with Crippen LogP contribution in [-0.2, 0) is 18.1 Å². The highest BCUT2D eigenvalue weighted by molar-refractivity contribution is 7.79. The summed E-state index contributed by atoms with van der Waals surface area (Å²) in [6.07, 6.45) is 3.94. The Bertz CT molecular complexity index is 330. The lowest BCUT2D eigenvalue weighted by molar-refractivity contribution is 0.545. The smallest absolute Gasteiger partial charge is 0.205 e. The molecule has 1 aliphatic rings. The summed E-state index contributed by atoms with van der Waals surface area (Å²) in [5.41, 5.74) is 0.943. The SMILES string of the molecule is Cn1ncc(C2CC2)c1S(=O)O. The molecule has 4 nitrogen and oxygen atoms in total. The summed E-state index contributed by atoms with van der Waals surface area (Å²) in [7, 11) is 1.69. The lowest BCUT2D eigenvalue weighted by atomic mass is 10.2. The Kier molecular flexibility index (Phi) is 1.77. The van der Waals surface area contributed by atoms with Crippen molar-refractivity contribution in [2.45, 2.75) is 23.8 Å². The Labute approximate surface area is 72.9 Å². The molecular formula is C7H10N2O2S. The van der Waals surface area contributed by atoms with Gasteiger partial charge in [-0.3, -0.25) is 4.68 Å². The van der Waals surface area contributed by atoms with Crippen LogP contribution < -0.4 is 0 Å². The average Bonchev–Trinajstić information content (AvgIpc) is 2.75. The molecule has 0 radical (unpaired) electrons. The molecule has 1 unspecified atom stereocenters. The van der Waals surface area contributed by atoms with Gasteiger partial charge in [0.15, 0.2) is 5.03 Å². The van der Waals surface area contributed by atoms with E-state index < -0.39 is 11.1 Å². The van der Waals surface area contributed by atoms with E-state index in [9.17, 15) is 4.21 Å². The van der Waals surface area contributed by atoms with Crippen molar-refractivity contribution in [1.82, 2.24) is 9.78 Å². The molecule has 1 atom stereocenters. The maximum atomic E-state index is 10.9. The first kappa shape index (κ1) is 7.94. The lowest BCUT2D eigenvalue weighted by Crippen LogP contribution is -2.01. The minimum Gasteiger partial charge on any atom is -0.301 e. The first-order valence-electron chi connectivity index (χ1n) is 3.83. The van der Waals surface area contributed by atoms with Crippen molar-refractivity contribution in [3.05, 3.63) is 11.8 Å². The number of hydrogen-bond acceptors (Lipinski definition) is 2. The average molecular weight is 186 g/mol. The Morgan fingerprint density at radius 3 is 2.92 bits per heavy atom. The molecule has 1 saturated carbocycles. The molecular weight excluding hydrogens is 176 g/mol. The van der Waals surface area contributed by atoms with Crippen molar-refractivity contribution in [3.8, 4) is 0 Å². The van der Waals surface area contributed by atoms with Gasteiger partial charge in [-0.2, -0.15) is 5.10 Å². The maximum absolute atomic E-state index is 10.9. The van der Waals surface area contributed by atoms with Crippen molar-refractivity contribution in [3.63, 3.8) is 0 Å². The Morgan fingerprint density at radius 2 is 2.42 bits per heavy atom. The van der Waals surface area contributed by atoms with E-state index >= 15 is 0 Å². The molecule has 1 fully saturated rings. The molecule has 0 aromatic carbocycles. The van der Waals surface area contributed by atoms with Crippen LogP contribution in [0.25, 0.3) is 0 Å². The standard InChI is InChI=1S/C7H10N2O2S/c1-9-7(12(10)11)6(4-8-9)5-2-3-5/h4-5H,2-3H2,1H3,(H,10,11). The van der Waals surface area contributed by atoms with Crippen LogP contribution in [0.4, 0.5) is 0 Å². The van der Waals surface area contributed by atoms with Gasteiger partial charge in [-0.25, -0.2) is 4.21 Å². The molecule has 1 aromatic rings. The van der Waals surface area contributed by atoms with Gasteiger partial charge >= 0.3 is 0 Å². The van der Waals surface area contributed by atoms with Crippen LogP contribution in [0.5, 0.6) is 0 Å². The van der Waals surface area contributed by atoms with E-state index in [1.807, 2.05) is 0 Å². The predicted molar refractivity (Wildman–Crippen MR) is 44.2 cm³/mol. The predicted octanol–water partition coefficient (Wildman–Crippen LogP) is 0.878. The van der Waals surface area contributed by atoms with Crippen molar-refractivity contribution >= 4 is 11.1 Å². The van der Waals surface area contributed by atoms with Gasteiger partial charge in [0.05, 0.1) is 6.20 Å². The first-order valence-corrected chi connectivity index (χ1v) is 4.93. The topological polar surface area (TPSA) is 55.1 Å². The molecule has 5 heteroatoms. The lowest BCUT2D eigenvalue weighted by Gasteiger charge is -1.98. The van der Waals surface area contributed by atoms with Gasteiger partial charge in [0, 0.05) is 12.6 Å². The van der Waals surface area contributed by atoms with Crippen molar-refractivity contribution < 1.29 is 8.76 Å². The van der Waals surface area contributed by atoms with E-state index in [2.05, 4.69) is 5.10 Å². The van der Waals surface area contributed by atoms with E-state index in [1.54, 1.807) is 13.2 Å². The quantitative estimate of drug-likeness (QED) is 0.697. The number of rotatable bonds is 2. The molecule has 66 valence electrons. The monoisotopic (exact) mass is 186 g/mol. The molecule has 12 heavy (non-hydrogen) atoms. The second-order valence-corrected chi connectivity index (χ2v) is 3.94. The summed E-state index contributed by atoms with van der Waals surface area (Å²) in [5.74, 6) is 0.477. The molecule has 0 spiro atoms. The molecule has 1 aliphatic carbocycles. The van der Waals surface area contributed by atoms with Gasteiger partial charge in [0.1, 0.15) is 0 Å². The van der Waals surface area contributed by atoms with E-state index in [0.717, 1.165) is 18.4 Å². The van der Waals surface area contributed by atoms with Gasteiger partial charge in [-0.05, 0) is 18.8 Å². The van der Waals surface area contributed by atoms with E-state index in [1.165, 1.54) is 4.68 Å². The van der Waals surface area contributed by atoms with Gasteiger partial charge in [-0.1, -0.05) is 0 Å². The van der Waals surface area contributed by atoms with E-state index in [4.69, 9.17) is 4.55 Å². The van der Waals surface area contributed by atoms with Crippen LogP contribution in [-0.4, -0.2) is 18.5 Å². The summed E-state index contributed by atoms with van der Waals surface area (Å²) >= 11 is -1.90. The summed E-state index contributed by atoms with van der Waals surface area (Å²) < 4.78 is 21.3. The summed E-state index contributed by atoms with van der Waals surface area (Å²) in [6.45, 7) is 0. The fourth-order valence-electron chi connectivity index (χ4n) is 1.33. The fraction of sp³-hybridized carbons (Fsp3) is 0.571. The van der Waals surface area contributed by atoms with Crippen LogP contribution in [0.1, 0.15) is 24.3 Å². The maximum Gasteiger partial charge on any atom is 0.205 e. The van der Waals surface area contributed by atoms with E-state index in [-0.39, 0.29) is 0 Å². The fourth-order valence-corrected chi connectivity index (χ4v) is 2.03. The highest BCUT2D eigenvalue weighted by Crippen LogP contribution is 2.42. The van der Waals surface area contributed by atoms with Crippen LogP contribution in [0.15, 0.2) is 11.2 Å².